The van der Waals surface area contributed by atoms with Gasteiger partial charge in [0.2, 0.25) is 5.82 Å². The first kappa shape index (κ1) is 14.6. The summed E-state index contributed by atoms with van der Waals surface area (Å²) in [5, 5.41) is 25.1. The highest BCUT2D eigenvalue weighted by Crippen LogP contribution is 2.11. The number of nitrogens with one attached hydrogen (secondary N) is 1. The second kappa shape index (κ2) is 7.68. The van der Waals surface area contributed by atoms with Crippen molar-refractivity contribution in [2.45, 2.75) is 12.6 Å². The molecule has 7 heteroatoms. The average Bonchev–Trinajstić information content (AvgIpc) is 2.93. The van der Waals surface area contributed by atoms with Gasteiger partial charge in [0.25, 0.3) is 0 Å². The van der Waals surface area contributed by atoms with E-state index in [2.05, 4.69) is 20.7 Å². The molecule has 0 saturated heterocycles. The van der Waals surface area contributed by atoms with Gasteiger partial charge in [0.15, 0.2) is 0 Å². The molecule has 7 nitrogen and oxygen atoms in total. The quantitative estimate of drug-likeness (QED) is 0.657. The van der Waals surface area contributed by atoms with Gasteiger partial charge in [0.05, 0.1) is 19.3 Å². The van der Waals surface area contributed by atoms with Gasteiger partial charge in [-0.05, 0) is 5.21 Å². The van der Waals surface area contributed by atoms with E-state index in [-0.39, 0.29) is 0 Å². The number of benzene rings is 1. The molecule has 2 N–H and O–H groups in total. The molecule has 1 heterocycles. The molecule has 1 atom stereocenters. The fraction of sp³-hybridized carbons (Fsp3) is 0.462. The lowest BCUT2D eigenvalue weighted by molar-refractivity contribution is 0.134. The highest BCUT2D eigenvalue weighted by atomic mass is 16.5. The van der Waals surface area contributed by atoms with Crippen molar-refractivity contribution in [3.8, 4) is 11.4 Å². The van der Waals surface area contributed by atoms with Crippen molar-refractivity contribution >= 4 is 0 Å². The molecule has 1 aromatic heterocycles. The molecule has 0 fully saturated rings. The van der Waals surface area contributed by atoms with E-state index >= 15 is 0 Å². The Labute approximate surface area is 117 Å². The molecule has 1 aromatic carbocycles. The first-order valence-electron chi connectivity index (χ1n) is 6.50. The van der Waals surface area contributed by atoms with Crippen LogP contribution < -0.4 is 5.32 Å². The third-order valence-corrected chi connectivity index (χ3v) is 2.72. The van der Waals surface area contributed by atoms with Gasteiger partial charge in [-0.25, -0.2) is 0 Å². The van der Waals surface area contributed by atoms with Crippen molar-refractivity contribution in [3.63, 3.8) is 0 Å². The average molecular weight is 277 g/mol. The molecular weight excluding hydrogens is 258 g/mol. The minimum Gasteiger partial charge on any atom is -0.390 e. The molecule has 0 radical (unpaired) electrons. The molecule has 2 rings (SSSR count). The number of aromatic nitrogens is 4. The van der Waals surface area contributed by atoms with Crippen molar-refractivity contribution in [1.29, 1.82) is 0 Å². The summed E-state index contributed by atoms with van der Waals surface area (Å²) in [7, 11) is 1.64. The van der Waals surface area contributed by atoms with Crippen molar-refractivity contribution in [2.24, 2.45) is 0 Å². The van der Waals surface area contributed by atoms with Gasteiger partial charge in [0, 0.05) is 25.8 Å². The summed E-state index contributed by atoms with van der Waals surface area (Å²) < 4.78 is 4.91. The Kier molecular flexibility index (Phi) is 5.60. The minimum absolute atomic E-state index is 0.305. The first-order chi connectivity index (χ1) is 9.79. The van der Waals surface area contributed by atoms with Crippen LogP contribution in [0.2, 0.25) is 0 Å². The number of hydrogen-bond acceptors (Lipinski definition) is 6. The smallest absolute Gasteiger partial charge is 0.204 e. The van der Waals surface area contributed by atoms with Crippen molar-refractivity contribution in [3.05, 3.63) is 30.3 Å². The molecule has 0 saturated carbocycles. The van der Waals surface area contributed by atoms with Crippen LogP contribution in [0.1, 0.15) is 0 Å². The summed E-state index contributed by atoms with van der Waals surface area (Å²) in [6.45, 7) is 2.09. The van der Waals surface area contributed by atoms with E-state index in [4.69, 9.17) is 4.74 Å². The molecule has 0 bridgehead atoms. The highest BCUT2D eigenvalue weighted by molar-refractivity contribution is 5.52. The van der Waals surface area contributed by atoms with Crippen LogP contribution in [0.4, 0.5) is 0 Å². The number of rotatable bonds is 8. The minimum atomic E-state index is -0.565. The maximum atomic E-state index is 9.85. The lowest BCUT2D eigenvalue weighted by Crippen LogP contribution is -2.32. The van der Waals surface area contributed by atoms with Crippen LogP contribution >= 0.6 is 0 Å². The number of aliphatic hydroxyl groups excluding tert-OH is 1. The lowest BCUT2D eigenvalue weighted by Gasteiger charge is -2.10. The predicted molar refractivity (Wildman–Crippen MR) is 74.0 cm³/mol. The van der Waals surface area contributed by atoms with Gasteiger partial charge in [-0.2, -0.15) is 4.80 Å². The van der Waals surface area contributed by atoms with Crippen LogP contribution in [0, 0.1) is 0 Å². The summed E-state index contributed by atoms with van der Waals surface area (Å²) in [6, 6.07) is 9.62. The van der Waals surface area contributed by atoms with Crippen LogP contribution in [-0.4, -0.2) is 58.2 Å². The zero-order chi connectivity index (χ0) is 14.2. The molecule has 20 heavy (non-hydrogen) atoms. The molecule has 0 spiro atoms. The topological polar surface area (TPSA) is 85.1 Å². The van der Waals surface area contributed by atoms with Gasteiger partial charge in [0.1, 0.15) is 0 Å². The van der Waals surface area contributed by atoms with Crippen LogP contribution in [0.5, 0.6) is 0 Å². The lowest BCUT2D eigenvalue weighted by atomic mass is 10.2. The van der Waals surface area contributed by atoms with Crippen molar-refractivity contribution < 1.29 is 9.84 Å². The Bertz CT molecular complexity index is 502. The Morgan fingerprint density at radius 3 is 2.90 bits per heavy atom. The van der Waals surface area contributed by atoms with Crippen molar-refractivity contribution in [2.75, 3.05) is 26.8 Å². The first-order valence-corrected chi connectivity index (χ1v) is 6.50. The number of tetrazole rings is 1. The van der Waals surface area contributed by atoms with Crippen molar-refractivity contribution in [1.82, 2.24) is 25.5 Å². The van der Waals surface area contributed by atoms with E-state index in [0.717, 1.165) is 5.56 Å². The Morgan fingerprint density at radius 2 is 2.15 bits per heavy atom. The van der Waals surface area contributed by atoms with E-state index in [1.54, 1.807) is 7.11 Å². The molecule has 1 unspecified atom stereocenters. The van der Waals surface area contributed by atoms with Crippen LogP contribution in [-0.2, 0) is 11.3 Å². The standard InChI is InChI=1S/C13H19N5O2/c1-20-8-7-14-9-12(19)10-18-16-13(15-17-18)11-5-3-2-4-6-11/h2-6,12,14,19H,7-10H2,1H3. The SMILES string of the molecule is COCCNCC(O)Cn1nnc(-c2ccccc2)n1. The number of hydrogen-bond donors (Lipinski definition) is 2. The van der Waals surface area contributed by atoms with Gasteiger partial charge < -0.3 is 15.2 Å². The van der Waals surface area contributed by atoms with Gasteiger partial charge >= 0.3 is 0 Å². The zero-order valence-corrected chi connectivity index (χ0v) is 11.4. The Balaban J connectivity index is 1.83. The summed E-state index contributed by atoms with van der Waals surface area (Å²) in [4.78, 5) is 1.41. The Morgan fingerprint density at radius 1 is 1.35 bits per heavy atom. The van der Waals surface area contributed by atoms with Gasteiger partial charge in [-0.1, -0.05) is 30.3 Å². The molecule has 108 valence electrons. The molecule has 0 aliphatic heterocycles. The second-order valence-electron chi connectivity index (χ2n) is 4.38. The van der Waals surface area contributed by atoms with Gasteiger partial charge in [-0.15, -0.1) is 10.2 Å². The van der Waals surface area contributed by atoms with E-state index < -0.39 is 6.10 Å². The van der Waals surface area contributed by atoms with Gasteiger partial charge in [-0.3, -0.25) is 0 Å². The summed E-state index contributed by atoms with van der Waals surface area (Å²) in [5.41, 5.74) is 0.909. The maximum Gasteiger partial charge on any atom is 0.204 e. The van der Waals surface area contributed by atoms with Crippen LogP contribution in [0.3, 0.4) is 0 Å². The molecule has 0 aliphatic rings. The van der Waals surface area contributed by atoms with E-state index in [0.29, 0.717) is 32.1 Å². The van der Waals surface area contributed by atoms with E-state index in [9.17, 15) is 5.11 Å². The zero-order valence-electron chi connectivity index (χ0n) is 11.4. The number of ether oxygens (including phenoxy) is 1. The normalized spacial score (nSPS) is 12.5. The number of methoxy groups -OCH3 is 1. The summed E-state index contributed by atoms with van der Waals surface area (Å²) in [5.74, 6) is 0.560. The third-order valence-electron chi connectivity index (χ3n) is 2.72. The number of nitrogens with zero attached hydrogens (tertiary/aromatic N) is 4. The Hall–Kier alpha value is -1.83. The third kappa shape index (κ3) is 4.37. The molecule has 0 aliphatic carbocycles. The monoisotopic (exact) mass is 277 g/mol. The fourth-order valence-corrected chi connectivity index (χ4v) is 1.72. The fourth-order valence-electron chi connectivity index (χ4n) is 1.72. The largest absolute Gasteiger partial charge is 0.390 e. The molecular formula is C13H19N5O2. The maximum absolute atomic E-state index is 9.85. The summed E-state index contributed by atoms with van der Waals surface area (Å²) in [6.07, 6.45) is -0.565. The van der Waals surface area contributed by atoms with E-state index in [1.165, 1.54) is 4.80 Å². The van der Waals surface area contributed by atoms with Crippen LogP contribution in [0.25, 0.3) is 11.4 Å². The summed E-state index contributed by atoms with van der Waals surface area (Å²) >= 11 is 0. The highest BCUT2D eigenvalue weighted by Gasteiger charge is 2.09. The predicted octanol–water partition coefficient (Wildman–Crippen LogP) is -0.0630. The molecule has 2 aromatic rings. The van der Waals surface area contributed by atoms with Crippen LogP contribution in [0.15, 0.2) is 30.3 Å². The second-order valence-corrected chi connectivity index (χ2v) is 4.38. The number of aliphatic hydroxyl groups is 1. The molecule has 0 amide bonds. The van der Waals surface area contributed by atoms with E-state index in [1.807, 2.05) is 30.3 Å².